The first-order chi connectivity index (χ1) is 10.8. The van der Waals surface area contributed by atoms with Crippen LogP contribution in [0.5, 0.6) is 0 Å². The van der Waals surface area contributed by atoms with E-state index in [0.717, 1.165) is 11.3 Å². The van der Waals surface area contributed by atoms with E-state index in [0.29, 0.717) is 5.56 Å². The summed E-state index contributed by atoms with van der Waals surface area (Å²) in [5, 5.41) is 2.67. The third-order valence-corrected chi connectivity index (χ3v) is 3.94. The number of nitrogens with one attached hydrogen (secondary N) is 1. The third-order valence-electron chi connectivity index (χ3n) is 2.75. The summed E-state index contributed by atoms with van der Waals surface area (Å²) in [6.07, 6.45) is -0.312. The van der Waals surface area contributed by atoms with Crippen molar-refractivity contribution in [2.75, 3.05) is 18.5 Å². The predicted molar refractivity (Wildman–Crippen MR) is 84.9 cm³/mol. The quantitative estimate of drug-likeness (QED) is 0.603. The molecular formula is C15H19NO6S. The highest BCUT2D eigenvalue weighted by Crippen LogP contribution is 2.34. The highest BCUT2D eigenvalue weighted by molar-refractivity contribution is 7.18. The zero-order valence-electron chi connectivity index (χ0n) is 13.5. The highest BCUT2D eigenvalue weighted by atomic mass is 32.1. The molecule has 7 nitrogen and oxygen atoms in total. The van der Waals surface area contributed by atoms with Gasteiger partial charge in [-0.05, 0) is 33.3 Å². The fraction of sp³-hybridized carbons (Fsp3) is 0.467. The maximum absolute atomic E-state index is 12.1. The van der Waals surface area contributed by atoms with E-state index >= 15 is 0 Å². The van der Waals surface area contributed by atoms with Gasteiger partial charge < -0.3 is 14.8 Å². The van der Waals surface area contributed by atoms with E-state index in [1.165, 1.54) is 6.92 Å². The number of amides is 1. The fourth-order valence-electron chi connectivity index (χ4n) is 1.84. The molecule has 0 aliphatic carbocycles. The van der Waals surface area contributed by atoms with Crippen LogP contribution >= 0.6 is 11.3 Å². The predicted octanol–water partition coefficient (Wildman–Crippen LogP) is 2.33. The number of hydrogen-bond donors (Lipinski definition) is 1. The molecular weight excluding hydrogens is 322 g/mol. The van der Waals surface area contributed by atoms with Gasteiger partial charge in [-0.1, -0.05) is 0 Å². The number of anilines is 1. The lowest BCUT2D eigenvalue weighted by atomic mass is 10.1. The molecule has 0 fully saturated rings. The average molecular weight is 341 g/mol. The van der Waals surface area contributed by atoms with Gasteiger partial charge in [0.2, 0.25) is 5.91 Å². The zero-order chi connectivity index (χ0) is 17.6. The van der Waals surface area contributed by atoms with Gasteiger partial charge in [0, 0.05) is 0 Å². The number of carbonyl (C=O) groups excluding carboxylic acids is 4. The van der Waals surface area contributed by atoms with Crippen LogP contribution in [0.3, 0.4) is 0 Å². The van der Waals surface area contributed by atoms with E-state index in [9.17, 15) is 19.2 Å². The number of Topliss-reactive ketones (excluding diaryl/α,β-unsaturated/α-hetero) is 1. The van der Waals surface area contributed by atoms with Crippen molar-refractivity contribution in [3.63, 3.8) is 0 Å². The van der Waals surface area contributed by atoms with E-state index < -0.39 is 17.8 Å². The molecule has 0 unspecified atom stereocenters. The van der Waals surface area contributed by atoms with Crippen molar-refractivity contribution in [2.24, 2.45) is 0 Å². The van der Waals surface area contributed by atoms with Crippen LogP contribution in [-0.2, 0) is 19.1 Å². The monoisotopic (exact) mass is 341 g/mol. The molecule has 1 rings (SSSR count). The van der Waals surface area contributed by atoms with E-state index in [1.807, 2.05) is 0 Å². The molecule has 0 saturated heterocycles. The summed E-state index contributed by atoms with van der Waals surface area (Å²) >= 11 is 0.925. The third kappa shape index (κ3) is 4.88. The molecule has 0 atom stereocenters. The topological polar surface area (TPSA) is 98.8 Å². The van der Waals surface area contributed by atoms with Crippen molar-refractivity contribution >= 4 is 40.0 Å². The largest absolute Gasteiger partial charge is 0.462 e. The Morgan fingerprint density at radius 3 is 2.13 bits per heavy atom. The molecule has 0 aromatic carbocycles. The molecule has 8 heteroatoms. The Morgan fingerprint density at radius 1 is 1.04 bits per heavy atom. The minimum absolute atomic E-state index is 0.108. The second-order valence-corrected chi connectivity index (χ2v) is 5.65. The Kier molecular flexibility index (Phi) is 6.89. The molecule has 1 heterocycles. The Labute approximate surface area is 138 Å². The van der Waals surface area contributed by atoms with Crippen LogP contribution in [0.2, 0.25) is 0 Å². The van der Waals surface area contributed by atoms with E-state index in [1.54, 1.807) is 20.8 Å². The number of rotatable bonds is 7. The standard InChI is InChI=1S/C15H19NO6S/c1-5-21-14(19)11-9(4)12(15(20)22-6-2)23-13(11)16-10(18)7-8(3)17/h5-7H2,1-4H3,(H,16,18). The van der Waals surface area contributed by atoms with Crippen LogP contribution in [0.1, 0.15) is 52.8 Å². The molecule has 1 aromatic heterocycles. The maximum atomic E-state index is 12.1. The number of hydrogen-bond acceptors (Lipinski definition) is 7. The summed E-state index contributed by atoms with van der Waals surface area (Å²) in [4.78, 5) is 47.0. The van der Waals surface area contributed by atoms with Gasteiger partial charge in [0.05, 0.1) is 25.2 Å². The van der Waals surface area contributed by atoms with Crippen LogP contribution in [0, 0.1) is 6.92 Å². The van der Waals surface area contributed by atoms with Crippen molar-refractivity contribution in [2.45, 2.75) is 34.1 Å². The summed E-state index contributed by atoms with van der Waals surface area (Å²) in [6, 6.07) is 0. The maximum Gasteiger partial charge on any atom is 0.348 e. The lowest BCUT2D eigenvalue weighted by Gasteiger charge is -2.06. The number of thiophene rings is 1. The minimum Gasteiger partial charge on any atom is -0.462 e. The Morgan fingerprint density at radius 2 is 1.61 bits per heavy atom. The van der Waals surface area contributed by atoms with Crippen LogP contribution in [-0.4, -0.2) is 36.8 Å². The molecule has 0 radical (unpaired) electrons. The van der Waals surface area contributed by atoms with Crippen molar-refractivity contribution in [1.29, 1.82) is 0 Å². The van der Waals surface area contributed by atoms with Gasteiger partial charge in [0.25, 0.3) is 0 Å². The summed E-state index contributed by atoms with van der Waals surface area (Å²) < 4.78 is 9.90. The second kappa shape index (κ2) is 8.42. The van der Waals surface area contributed by atoms with Crippen molar-refractivity contribution < 1.29 is 28.7 Å². The Bertz CT molecular complexity index is 634. The molecule has 0 saturated carbocycles. The zero-order valence-corrected chi connectivity index (χ0v) is 14.3. The van der Waals surface area contributed by atoms with E-state index in [4.69, 9.17) is 9.47 Å². The van der Waals surface area contributed by atoms with Crippen molar-refractivity contribution in [3.05, 3.63) is 16.0 Å². The lowest BCUT2D eigenvalue weighted by molar-refractivity contribution is -0.124. The van der Waals surface area contributed by atoms with Crippen molar-refractivity contribution in [1.82, 2.24) is 0 Å². The Balaban J connectivity index is 3.22. The smallest absolute Gasteiger partial charge is 0.348 e. The lowest BCUT2D eigenvalue weighted by Crippen LogP contribution is -2.16. The SMILES string of the molecule is CCOC(=O)c1sc(NC(=O)CC(C)=O)c(C(=O)OCC)c1C. The average Bonchev–Trinajstić information content (AvgIpc) is 2.75. The fourth-order valence-corrected chi connectivity index (χ4v) is 2.94. The summed E-state index contributed by atoms with van der Waals surface area (Å²) in [5.74, 6) is -2.08. The van der Waals surface area contributed by atoms with Crippen molar-refractivity contribution in [3.8, 4) is 0 Å². The molecule has 0 aliphatic rings. The van der Waals surface area contributed by atoms with Crippen LogP contribution < -0.4 is 5.32 Å². The van der Waals surface area contributed by atoms with E-state index in [-0.39, 0.29) is 40.9 Å². The second-order valence-electron chi connectivity index (χ2n) is 4.63. The van der Waals surface area contributed by atoms with Gasteiger partial charge in [0.15, 0.2) is 0 Å². The first-order valence-corrected chi connectivity index (χ1v) is 7.90. The number of ether oxygens (including phenoxy) is 2. The van der Waals surface area contributed by atoms with Gasteiger partial charge in [-0.3, -0.25) is 9.59 Å². The normalized spacial score (nSPS) is 10.1. The van der Waals surface area contributed by atoms with Gasteiger partial charge in [-0.2, -0.15) is 0 Å². The highest BCUT2D eigenvalue weighted by Gasteiger charge is 2.27. The molecule has 0 spiro atoms. The molecule has 0 aliphatic heterocycles. The first kappa shape index (κ1) is 18.8. The van der Waals surface area contributed by atoms with Gasteiger partial charge >= 0.3 is 11.9 Å². The number of esters is 2. The molecule has 1 aromatic rings. The van der Waals surface area contributed by atoms with Gasteiger partial charge in [-0.15, -0.1) is 11.3 Å². The molecule has 1 N–H and O–H groups in total. The number of ketones is 1. The summed E-state index contributed by atoms with van der Waals surface area (Å²) in [7, 11) is 0. The molecule has 23 heavy (non-hydrogen) atoms. The molecule has 126 valence electrons. The van der Waals surface area contributed by atoms with Crippen LogP contribution in [0.15, 0.2) is 0 Å². The van der Waals surface area contributed by atoms with Gasteiger partial charge in [-0.25, -0.2) is 9.59 Å². The number of carbonyl (C=O) groups is 4. The minimum atomic E-state index is -0.644. The summed E-state index contributed by atoms with van der Waals surface area (Å²) in [5.41, 5.74) is 0.488. The Hall–Kier alpha value is -2.22. The van der Waals surface area contributed by atoms with Crippen LogP contribution in [0.25, 0.3) is 0 Å². The van der Waals surface area contributed by atoms with Crippen LogP contribution in [0.4, 0.5) is 5.00 Å². The van der Waals surface area contributed by atoms with E-state index in [2.05, 4.69) is 5.32 Å². The summed E-state index contributed by atoms with van der Waals surface area (Å²) in [6.45, 7) is 6.54. The molecule has 1 amide bonds. The first-order valence-electron chi connectivity index (χ1n) is 7.08. The van der Waals surface area contributed by atoms with Gasteiger partial charge in [0.1, 0.15) is 15.7 Å². The molecule has 0 bridgehead atoms.